The summed E-state index contributed by atoms with van der Waals surface area (Å²) in [4.78, 5) is 33.6. The highest BCUT2D eigenvalue weighted by molar-refractivity contribution is 6.04. The highest BCUT2D eigenvalue weighted by Gasteiger charge is 2.56. The minimum atomic E-state index is -0.175. The molecule has 0 radical (unpaired) electrons. The molecule has 4 aliphatic heterocycles. The van der Waals surface area contributed by atoms with E-state index in [0.717, 1.165) is 44.9 Å². The van der Waals surface area contributed by atoms with Crippen molar-refractivity contribution in [3.63, 3.8) is 0 Å². The maximum atomic E-state index is 12.5. The highest BCUT2D eigenvalue weighted by atomic mass is 16.2. The summed E-state index contributed by atoms with van der Waals surface area (Å²) < 4.78 is 0. The van der Waals surface area contributed by atoms with Crippen LogP contribution in [0.15, 0.2) is 0 Å². The number of likely N-dealkylation sites (tertiary alicyclic amines) is 2. The normalized spacial score (nSPS) is 30.6. The minimum Gasteiger partial charge on any atom is -0.312 e. The van der Waals surface area contributed by atoms with Gasteiger partial charge in [0.2, 0.25) is 0 Å². The van der Waals surface area contributed by atoms with Crippen molar-refractivity contribution in [1.82, 2.24) is 19.6 Å². The van der Waals surface area contributed by atoms with Crippen LogP contribution in [0.4, 0.5) is 4.79 Å². The summed E-state index contributed by atoms with van der Waals surface area (Å²) in [6.07, 6.45) is 7.01. The number of imide groups is 1. The molecule has 0 aromatic carbocycles. The summed E-state index contributed by atoms with van der Waals surface area (Å²) in [7, 11) is 0. The van der Waals surface area contributed by atoms with Crippen molar-refractivity contribution in [2.45, 2.75) is 64.5 Å². The number of likely N-dealkylation sites (N-methyl/N-ethyl adjacent to an activating group) is 1. The number of carbonyl (C=O) groups is 2. The van der Waals surface area contributed by atoms with Gasteiger partial charge in [0.05, 0.1) is 0 Å². The van der Waals surface area contributed by atoms with Crippen LogP contribution in [0, 0.1) is 5.41 Å². The molecule has 3 amide bonds. The Labute approximate surface area is 157 Å². The first-order valence-electron chi connectivity index (χ1n) is 10.7. The second-order valence-electron chi connectivity index (χ2n) is 8.82. The standard InChI is InChI=1S/C20H34N4O2/c1-3-9-21-10-5-16(6-11-21)22-12-7-20(8-13-22)14-17-18(25)23(4-2)19(26)24(17)15-20/h16-17H,3-15H2,1-2H3. The van der Waals surface area contributed by atoms with Gasteiger partial charge in [0.15, 0.2) is 0 Å². The molecule has 1 unspecified atom stereocenters. The van der Waals surface area contributed by atoms with Crippen molar-refractivity contribution in [1.29, 1.82) is 0 Å². The van der Waals surface area contributed by atoms with Crippen LogP contribution < -0.4 is 0 Å². The number of fused-ring (bicyclic) bond motifs is 1. The fraction of sp³-hybridized carbons (Fsp3) is 0.900. The molecule has 26 heavy (non-hydrogen) atoms. The summed E-state index contributed by atoms with van der Waals surface area (Å²) in [5, 5.41) is 0. The molecule has 4 rings (SSSR count). The Hall–Kier alpha value is -1.14. The van der Waals surface area contributed by atoms with Gasteiger partial charge in [0.1, 0.15) is 6.04 Å². The zero-order valence-corrected chi connectivity index (χ0v) is 16.5. The average molecular weight is 363 g/mol. The Morgan fingerprint density at radius 3 is 2.31 bits per heavy atom. The Balaban J connectivity index is 1.31. The second-order valence-corrected chi connectivity index (χ2v) is 8.82. The molecular formula is C20H34N4O2. The molecule has 0 bridgehead atoms. The third-order valence-corrected chi connectivity index (χ3v) is 7.32. The van der Waals surface area contributed by atoms with Crippen molar-refractivity contribution in [2.75, 3.05) is 45.8 Å². The molecule has 0 aliphatic carbocycles. The lowest BCUT2D eigenvalue weighted by atomic mass is 9.76. The van der Waals surface area contributed by atoms with E-state index < -0.39 is 0 Å². The molecule has 0 aromatic rings. The van der Waals surface area contributed by atoms with Crippen LogP contribution in [0.1, 0.15) is 52.4 Å². The van der Waals surface area contributed by atoms with Crippen LogP contribution in [-0.2, 0) is 4.79 Å². The fourth-order valence-corrected chi connectivity index (χ4v) is 5.75. The van der Waals surface area contributed by atoms with Crippen LogP contribution in [0.25, 0.3) is 0 Å². The van der Waals surface area contributed by atoms with Gasteiger partial charge in [-0.05, 0) is 83.6 Å². The maximum Gasteiger partial charge on any atom is 0.327 e. The molecule has 6 nitrogen and oxygen atoms in total. The van der Waals surface area contributed by atoms with Gasteiger partial charge in [-0.15, -0.1) is 0 Å². The molecule has 4 saturated heterocycles. The first-order chi connectivity index (χ1) is 12.6. The van der Waals surface area contributed by atoms with Gasteiger partial charge in [0, 0.05) is 19.1 Å². The van der Waals surface area contributed by atoms with Gasteiger partial charge >= 0.3 is 6.03 Å². The number of urea groups is 1. The van der Waals surface area contributed by atoms with Crippen LogP contribution in [0.5, 0.6) is 0 Å². The van der Waals surface area contributed by atoms with Crippen molar-refractivity contribution >= 4 is 11.9 Å². The summed E-state index contributed by atoms with van der Waals surface area (Å²) in [5.41, 5.74) is 0.190. The third-order valence-electron chi connectivity index (χ3n) is 7.32. The SMILES string of the molecule is CCCN1CCC(N2CCC3(CC2)CC2C(=O)N(CC)C(=O)N2C3)CC1. The lowest BCUT2D eigenvalue weighted by molar-refractivity contribution is -0.128. The van der Waals surface area contributed by atoms with Crippen molar-refractivity contribution < 1.29 is 9.59 Å². The third kappa shape index (κ3) is 3.05. The van der Waals surface area contributed by atoms with Crippen molar-refractivity contribution in [3.05, 3.63) is 0 Å². The van der Waals surface area contributed by atoms with Gasteiger partial charge in [-0.25, -0.2) is 4.79 Å². The highest BCUT2D eigenvalue weighted by Crippen LogP contribution is 2.46. The number of hydrogen-bond donors (Lipinski definition) is 0. The number of piperidine rings is 2. The topological polar surface area (TPSA) is 47.1 Å². The number of carbonyl (C=O) groups excluding carboxylic acids is 2. The first kappa shape index (κ1) is 18.2. The molecule has 4 fully saturated rings. The molecule has 0 N–H and O–H groups in total. The lowest BCUT2D eigenvalue weighted by Crippen LogP contribution is -2.50. The largest absolute Gasteiger partial charge is 0.327 e. The zero-order valence-electron chi connectivity index (χ0n) is 16.5. The molecule has 0 aromatic heterocycles. The predicted molar refractivity (Wildman–Crippen MR) is 101 cm³/mol. The number of hydrogen-bond acceptors (Lipinski definition) is 4. The Bertz CT molecular complexity index is 524. The maximum absolute atomic E-state index is 12.5. The van der Waals surface area contributed by atoms with Crippen LogP contribution in [-0.4, -0.2) is 89.4 Å². The second kappa shape index (κ2) is 7.12. The van der Waals surface area contributed by atoms with E-state index in [-0.39, 0.29) is 23.4 Å². The molecule has 6 heteroatoms. The number of amides is 3. The number of rotatable bonds is 4. The summed E-state index contributed by atoms with van der Waals surface area (Å²) in [6.45, 7) is 11.4. The van der Waals surface area contributed by atoms with Crippen molar-refractivity contribution in [3.8, 4) is 0 Å². The monoisotopic (exact) mass is 362 g/mol. The van der Waals surface area contributed by atoms with E-state index in [9.17, 15) is 9.59 Å². The van der Waals surface area contributed by atoms with E-state index >= 15 is 0 Å². The fourth-order valence-electron chi connectivity index (χ4n) is 5.75. The Morgan fingerprint density at radius 2 is 1.73 bits per heavy atom. The molecule has 4 aliphatic rings. The number of nitrogens with zero attached hydrogens (tertiary/aromatic N) is 4. The average Bonchev–Trinajstić information content (AvgIpc) is 3.12. The Kier molecular flexibility index (Phi) is 4.99. The molecule has 1 spiro atoms. The predicted octanol–water partition coefficient (Wildman–Crippen LogP) is 2.00. The van der Waals surface area contributed by atoms with E-state index in [0.29, 0.717) is 6.54 Å². The van der Waals surface area contributed by atoms with Crippen LogP contribution in [0.2, 0.25) is 0 Å². The van der Waals surface area contributed by atoms with E-state index in [4.69, 9.17) is 0 Å². The lowest BCUT2D eigenvalue weighted by Gasteiger charge is -2.45. The van der Waals surface area contributed by atoms with E-state index in [2.05, 4.69) is 16.7 Å². The summed E-state index contributed by atoms with van der Waals surface area (Å²) >= 11 is 0. The quantitative estimate of drug-likeness (QED) is 0.718. The zero-order chi connectivity index (χ0) is 18.3. The van der Waals surface area contributed by atoms with Crippen molar-refractivity contribution in [2.24, 2.45) is 5.41 Å². The van der Waals surface area contributed by atoms with E-state index in [1.807, 2.05) is 11.8 Å². The van der Waals surface area contributed by atoms with E-state index in [1.165, 1.54) is 43.8 Å². The van der Waals surface area contributed by atoms with Gasteiger partial charge in [-0.1, -0.05) is 6.92 Å². The van der Waals surface area contributed by atoms with Gasteiger partial charge in [0.25, 0.3) is 5.91 Å². The molecule has 4 heterocycles. The molecule has 146 valence electrons. The van der Waals surface area contributed by atoms with Gasteiger partial charge < -0.3 is 14.7 Å². The molecule has 1 atom stereocenters. The van der Waals surface area contributed by atoms with E-state index in [1.54, 1.807) is 0 Å². The van der Waals surface area contributed by atoms with Gasteiger partial charge in [-0.2, -0.15) is 0 Å². The van der Waals surface area contributed by atoms with Crippen LogP contribution in [0.3, 0.4) is 0 Å². The first-order valence-corrected chi connectivity index (χ1v) is 10.7. The smallest absolute Gasteiger partial charge is 0.312 e. The molecular weight excluding hydrogens is 328 g/mol. The van der Waals surface area contributed by atoms with Gasteiger partial charge in [-0.3, -0.25) is 9.69 Å². The summed E-state index contributed by atoms with van der Waals surface area (Å²) in [6, 6.07) is 0.511. The molecule has 0 saturated carbocycles. The Morgan fingerprint density at radius 1 is 1.04 bits per heavy atom. The van der Waals surface area contributed by atoms with Crippen LogP contribution >= 0.6 is 0 Å². The summed E-state index contributed by atoms with van der Waals surface area (Å²) in [5.74, 6) is 0.0418. The minimum absolute atomic E-state index is 0.0418.